The molecule has 0 radical (unpaired) electrons. The number of benzene rings is 1. The van der Waals surface area contributed by atoms with Crippen molar-refractivity contribution in [1.29, 1.82) is 0 Å². The van der Waals surface area contributed by atoms with E-state index in [1.54, 1.807) is 12.1 Å². The van der Waals surface area contributed by atoms with E-state index >= 15 is 0 Å². The summed E-state index contributed by atoms with van der Waals surface area (Å²) >= 11 is 0. The fraction of sp³-hybridized carbons (Fsp3) is 0. The van der Waals surface area contributed by atoms with Crippen LogP contribution in [0.4, 0.5) is 10.5 Å². The average Bonchev–Trinajstić information content (AvgIpc) is 2.49. The molecule has 6 heteroatoms. The lowest BCUT2D eigenvalue weighted by Crippen LogP contribution is -2.06. The number of H-pyrrole nitrogens is 1. The molecule has 0 atom stereocenters. The Morgan fingerprint density at radius 2 is 2.00 bits per heavy atom. The molecule has 2 rings (SSSR count). The topological polar surface area (TPSA) is 65.1 Å². The smallest absolute Gasteiger partial charge is 0.409 e. The summed E-state index contributed by atoms with van der Waals surface area (Å²) in [5, 5.41) is 11.8. The number of fused-ring (bicyclic) bond motifs is 1. The molecule has 0 aliphatic carbocycles. The van der Waals surface area contributed by atoms with Crippen molar-refractivity contribution in [3.63, 3.8) is 0 Å². The van der Waals surface area contributed by atoms with Crippen molar-refractivity contribution in [2.45, 2.75) is 0 Å². The van der Waals surface area contributed by atoms with Crippen LogP contribution in [0, 0.1) is 0 Å². The van der Waals surface area contributed by atoms with Crippen molar-refractivity contribution in [1.82, 2.24) is 4.98 Å². The summed E-state index contributed by atoms with van der Waals surface area (Å²) in [5.41, 5.74) is 1.49. The van der Waals surface area contributed by atoms with Gasteiger partial charge in [0.15, 0.2) is 0 Å². The number of carboxylic acid groups (broad SMARTS) is 1. The molecule has 3 N–H and O–H groups in total. The van der Waals surface area contributed by atoms with Gasteiger partial charge in [0.1, 0.15) is 0 Å². The van der Waals surface area contributed by atoms with Crippen LogP contribution in [0.3, 0.4) is 0 Å². The van der Waals surface area contributed by atoms with E-state index in [1.807, 2.05) is 18.3 Å². The third-order valence-electron chi connectivity index (χ3n) is 1.81. The number of nitrogens with one attached hydrogen (secondary N) is 2. The Kier molecular flexibility index (Phi) is 4.97. The van der Waals surface area contributed by atoms with Crippen LogP contribution < -0.4 is 5.32 Å². The number of rotatable bonds is 1. The molecule has 0 aliphatic heterocycles. The van der Waals surface area contributed by atoms with Crippen molar-refractivity contribution < 1.29 is 9.90 Å². The maximum atomic E-state index is 10.3. The maximum absolute atomic E-state index is 10.3. The van der Waals surface area contributed by atoms with Gasteiger partial charge in [-0.25, -0.2) is 4.79 Å². The van der Waals surface area contributed by atoms with E-state index in [0.717, 1.165) is 10.9 Å². The largest absolute Gasteiger partial charge is 0.465 e. The molecule has 0 spiro atoms. The molecule has 1 aromatic carbocycles. The Balaban J connectivity index is 0.000000980. The zero-order valence-corrected chi connectivity index (χ0v) is 9.19. The van der Waals surface area contributed by atoms with Crippen LogP contribution in [-0.4, -0.2) is 16.2 Å². The molecule has 0 saturated heterocycles. The molecule has 0 fully saturated rings. The van der Waals surface area contributed by atoms with Gasteiger partial charge in [-0.2, -0.15) is 0 Å². The molecule has 1 aromatic heterocycles. The zero-order chi connectivity index (χ0) is 9.26. The highest BCUT2D eigenvalue weighted by molar-refractivity contribution is 5.88. The van der Waals surface area contributed by atoms with Gasteiger partial charge in [-0.1, -0.05) is 6.07 Å². The molecular weight excluding hydrogens is 239 g/mol. The maximum Gasteiger partial charge on any atom is 0.409 e. The van der Waals surface area contributed by atoms with Crippen molar-refractivity contribution in [3.8, 4) is 0 Å². The molecule has 15 heavy (non-hydrogen) atoms. The second-order valence-corrected chi connectivity index (χ2v) is 2.71. The van der Waals surface area contributed by atoms with Crippen LogP contribution in [0.1, 0.15) is 0 Å². The summed E-state index contributed by atoms with van der Waals surface area (Å²) in [6, 6.07) is 7.27. The van der Waals surface area contributed by atoms with Crippen LogP contribution >= 0.6 is 24.8 Å². The van der Waals surface area contributed by atoms with Crippen molar-refractivity contribution in [3.05, 3.63) is 30.5 Å². The van der Waals surface area contributed by atoms with E-state index in [2.05, 4.69) is 10.3 Å². The van der Waals surface area contributed by atoms with Gasteiger partial charge in [0.2, 0.25) is 0 Å². The summed E-state index contributed by atoms with van der Waals surface area (Å²) in [5.74, 6) is 0. The minimum absolute atomic E-state index is 0. The van der Waals surface area contributed by atoms with Crippen LogP contribution in [0.5, 0.6) is 0 Å². The van der Waals surface area contributed by atoms with Crippen LogP contribution in [0.2, 0.25) is 0 Å². The van der Waals surface area contributed by atoms with Crippen molar-refractivity contribution in [2.75, 3.05) is 5.32 Å². The van der Waals surface area contributed by atoms with Gasteiger partial charge in [0.05, 0.1) is 0 Å². The molecule has 2 aromatic rings. The van der Waals surface area contributed by atoms with Crippen molar-refractivity contribution in [2.24, 2.45) is 0 Å². The van der Waals surface area contributed by atoms with Crippen LogP contribution in [0.15, 0.2) is 30.5 Å². The van der Waals surface area contributed by atoms with E-state index in [0.29, 0.717) is 5.69 Å². The summed E-state index contributed by atoms with van der Waals surface area (Å²) < 4.78 is 0. The zero-order valence-electron chi connectivity index (χ0n) is 7.56. The fourth-order valence-corrected chi connectivity index (χ4v) is 1.25. The third-order valence-corrected chi connectivity index (χ3v) is 1.81. The molecule has 82 valence electrons. The molecule has 1 heterocycles. The second-order valence-electron chi connectivity index (χ2n) is 2.71. The van der Waals surface area contributed by atoms with Crippen LogP contribution in [0.25, 0.3) is 10.9 Å². The van der Waals surface area contributed by atoms with E-state index < -0.39 is 6.09 Å². The van der Waals surface area contributed by atoms with Crippen molar-refractivity contribution >= 4 is 47.5 Å². The number of carbonyl (C=O) groups is 1. The predicted octanol–water partition coefficient (Wildman–Crippen LogP) is 3.10. The number of aromatic amines is 1. The highest BCUT2D eigenvalue weighted by Gasteiger charge is 1.99. The summed E-state index contributed by atoms with van der Waals surface area (Å²) in [6.45, 7) is 0. The molecule has 0 saturated carbocycles. The lowest BCUT2D eigenvalue weighted by molar-refractivity contribution is 0.210. The molecule has 0 bridgehead atoms. The number of aromatic nitrogens is 1. The normalized spacial score (nSPS) is 8.80. The highest BCUT2D eigenvalue weighted by Crippen LogP contribution is 2.17. The highest BCUT2D eigenvalue weighted by atomic mass is 35.5. The van der Waals surface area contributed by atoms with Gasteiger partial charge < -0.3 is 10.1 Å². The first-order valence-electron chi connectivity index (χ1n) is 3.83. The number of halogens is 2. The Morgan fingerprint density at radius 1 is 1.27 bits per heavy atom. The Labute approximate surface area is 98.5 Å². The SMILES string of the molecule is Cl.Cl.O=C(O)Nc1ccc2cc[nH]c2c1. The number of amides is 1. The minimum atomic E-state index is -1.05. The lowest BCUT2D eigenvalue weighted by atomic mass is 10.2. The summed E-state index contributed by atoms with van der Waals surface area (Å²) in [4.78, 5) is 13.3. The second kappa shape index (κ2) is 5.48. The Bertz CT molecular complexity index is 456. The van der Waals surface area contributed by atoms with E-state index in [-0.39, 0.29) is 24.8 Å². The van der Waals surface area contributed by atoms with Gasteiger partial charge in [0.25, 0.3) is 0 Å². The minimum Gasteiger partial charge on any atom is -0.465 e. The molecular formula is C9H10Cl2N2O2. The van der Waals surface area contributed by atoms with Gasteiger partial charge in [0, 0.05) is 17.4 Å². The Morgan fingerprint density at radius 3 is 2.67 bits per heavy atom. The van der Waals surface area contributed by atoms with E-state index in [1.165, 1.54) is 0 Å². The number of hydrogen-bond acceptors (Lipinski definition) is 1. The first-order valence-corrected chi connectivity index (χ1v) is 3.83. The molecule has 1 amide bonds. The van der Waals surface area contributed by atoms with Gasteiger partial charge >= 0.3 is 6.09 Å². The average molecular weight is 249 g/mol. The number of anilines is 1. The fourth-order valence-electron chi connectivity index (χ4n) is 1.25. The lowest BCUT2D eigenvalue weighted by Gasteiger charge is -1.99. The molecule has 0 unspecified atom stereocenters. The quantitative estimate of drug-likeness (QED) is 0.726. The Hall–Kier alpha value is -1.39. The molecule has 0 aliphatic rings. The monoisotopic (exact) mass is 248 g/mol. The standard InChI is InChI=1S/C9H8N2O2.2ClH/c12-9(13)11-7-2-1-6-3-4-10-8(6)5-7;;/h1-5,10-11H,(H,12,13);2*1H. The first-order chi connectivity index (χ1) is 6.25. The van der Waals surface area contributed by atoms with E-state index in [9.17, 15) is 4.79 Å². The van der Waals surface area contributed by atoms with Crippen LogP contribution in [-0.2, 0) is 0 Å². The predicted molar refractivity (Wildman–Crippen MR) is 64.4 cm³/mol. The summed E-state index contributed by atoms with van der Waals surface area (Å²) in [7, 11) is 0. The van der Waals surface area contributed by atoms with E-state index in [4.69, 9.17) is 5.11 Å². The first kappa shape index (κ1) is 13.6. The number of hydrogen-bond donors (Lipinski definition) is 3. The van der Waals surface area contributed by atoms with Gasteiger partial charge in [-0.3, -0.25) is 5.32 Å². The van der Waals surface area contributed by atoms with Gasteiger partial charge in [-0.05, 0) is 23.6 Å². The molecule has 4 nitrogen and oxygen atoms in total. The third kappa shape index (κ3) is 3.04. The van der Waals surface area contributed by atoms with Gasteiger partial charge in [-0.15, -0.1) is 24.8 Å². The summed E-state index contributed by atoms with van der Waals surface area (Å²) in [6.07, 6.45) is 0.765.